The Kier molecular flexibility index (Phi) is 76.5. The van der Waals surface area contributed by atoms with Gasteiger partial charge in [0.2, 0.25) is 0 Å². The standard InChI is InChI=1S/C87H166NO8P/c1-6-8-10-12-14-16-18-20-22-24-26-28-30-32-34-36-38-40-41-42-43-44-45-46-48-49-51-53-55-57-59-61-63-65-67-69-71-73-75-77-79-86(89)93-83-85(84-95-97(91,92)94-82-81-88(3,4)5)96-87(90)80-78-76-74-72-70-68-66-64-62-60-58-56-54-52-50-47-39-37-35-33-31-29-27-25-23-21-19-17-15-13-11-9-7-2/h9,11,15,17,21,23,27,29,85H,6-8,10,12-14,16,18-20,22,24-26,28,30-84H2,1-5H3/b11-9-,17-15-,23-21-,29-27-. The van der Waals surface area contributed by atoms with Gasteiger partial charge in [-0.15, -0.1) is 0 Å². The average Bonchev–Trinajstić information content (AvgIpc) is 1.58. The van der Waals surface area contributed by atoms with Crippen molar-refractivity contribution < 1.29 is 42.1 Å². The van der Waals surface area contributed by atoms with Gasteiger partial charge in [-0.05, 0) is 51.4 Å². The van der Waals surface area contributed by atoms with Crippen LogP contribution in [0.25, 0.3) is 0 Å². The number of phosphoric ester groups is 1. The van der Waals surface area contributed by atoms with Gasteiger partial charge in [-0.3, -0.25) is 14.2 Å². The zero-order valence-electron chi connectivity index (χ0n) is 65.6. The summed E-state index contributed by atoms with van der Waals surface area (Å²) in [4.78, 5) is 38.2. The SMILES string of the molecule is CC/C=C\C/C=C\C/C=C\C/C=C\CCCCCCCCCCCCCCCCCCCCCCC(=O)OC(COC(=O)CCCCCCCCCCCCCCCCCCCCCCCCCCCCCCCCCCCCCCCCCC)COP(=O)([O-])OCC[N+](C)(C)C. The van der Waals surface area contributed by atoms with E-state index in [-0.39, 0.29) is 32.0 Å². The molecule has 2 unspecified atom stereocenters. The first kappa shape index (κ1) is 95.0. The van der Waals surface area contributed by atoms with E-state index in [1.807, 2.05) is 21.1 Å². The number of hydrogen-bond donors (Lipinski definition) is 0. The van der Waals surface area contributed by atoms with Gasteiger partial charge in [-0.2, -0.15) is 0 Å². The molecule has 9 nitrogen and oxygen atoms in total. The van der Waals surface area contributed by atoms with Gasteiger partial charge in [-0.25, -0.2) is 0 Å². The molecule has 0 aromatic carbocycles. The van der Waals surface area contributed by atoms with Crippen molar-refractivity contribution in [3.63, 3.8) is 0 Å². The Morgan fingerprint density at radius 1 is 0.330 bits per heavy atom. The third-order valence-electron chi connectivity index (χ3n) is 19.6. The lowest BCUT2D eigenvalue weighted by atomic mass is 10.0. The maximum Gasteiger partial charge on any atom is 0.306 e. The molecule has 0 saturated heterocycles. The molecule has 0 heterocycles. The Balaban J connectivity index is 3.85. The lowest BCUT2D eigenvalue weighted by Gasteiger charge is -2.28. The zero-order valence-corrected chi connectivity index (χ0v) is 66.5. The largest absolute Gasteiger partial charge is 0.756 e. The van der Waals surface area contributed by atoms with Gasteiger partial charge < -0.3 is 27.9 Å². The molecule has 0 rings (SSSR count). The fourth-order valence-electron chi connectivity index (χ4n) is 13.1. The Hall–Kier alpha value is -2.03. The lowest BCUT2D eigenvalue weighted by Crippen LogP contribution is -2.37. The zero-order chi connectivity index (χ0) is 70.4. The van der Waals surface area contributed by atoms with Crippen molar-refractivity contribution >= 4 is 19.8 Å². The molecule has 0 N–H and O–H groups in total. The Morgan fingerprint density at radius 3 is 0.876 bits per heavy atom. The fraction of sp³-hybridized carbons (Fsp3) is 0.885. The molecular formula is C87H166NO8P. The number of carbonyl (C=O) groups excluding carboxylic acids is 2. The van der Waals surface area contributed by atoms with Crippen molar-refractivity contribution in [3.05, 3.63) is 48.6 Å². The molecule has 0 spiro atoms. The van der Waals surface area contributed by atoms with Crippen LogP contribution >= 0.6 is 7.82 Å². The number of unbranched alkanes of at least 4 members (excludes halogenated alkanes) is 59. The first-order chi connectivity index (χ1) is 47.5. The summed E-state index contributed by atoms with van der Waals surface area (Å²) in [6.07, 6.45) is 104. The second-order valence-corrected chi connectivity index (χ2v) is 31.9. The van der Waals surface area contributed by atoms with Crippen LogP contribution in [0.1, 0.15) is 444 Å². The van der Waals surface area contributed by atoms with Crippen LogP contribution in [0.2, 0.25) is 0 Å². The number of hydrogen-bond acceptors (Lipinski definition) is 8. The maximum atomic E-state index is 12.9. The van der Waals surface area contributed by atoms with Crippen molar-refractivity contribution in [2.75, 3.05) is 47.5 Å². The molecule has 0 saturated carbocycles. The summed E-state index contributed by atoms with van der Waals surface area (Å²) in [5, 5.41) is 0. The van der Waals surface area contributed by atoms with E-state index in [1.165, 1.54) is 353 Å². The molecule has 10 heteroatoms. The Labute approximate surface area is 604 Å². The number of esters is 2. The summed E-state index contributed by atoms with van der Waals surface area (Å²) >= 11 is 0. The minimum absolute atomic E-state index is 0.0277. The van der Waals surface area contributed by atoms with Crippen molar-refractivity contribution in [2.24, 2.45) is 0 Å². The van der Waals surface area contributed by atoms with Crippen LogP contribution in [0, 0.1) is 0 Å². The van der Waals surface area contributed by atoms with Crippen LogP contribution in [0.15, 0.2) is 48.6 Å². The van der Waals surface area contributed by atoms with Crippen molar-refractivity contribution in [1.82, 2.24) is 0 Å². The van der Waals surface area contributed by atoms with Crippen LogP contribution in [-0.2, 0) is 32.7 Å². The molecule has 0 bridgehead atoms. The van der Waals surface area contributed by atoms with Gasteiger partial charge in [0.25, 0.3) is 7.82 Å². The Morgan fingerprint density at radius 2 is 0.588 bits per heavy atom. The quantitative estimate of drug-likeness (QED) is 0.0195. The monoisotopic (exact) mass is 1380 g/mol. The normalized spacial score (nSPS) is 13.2. The third-order valence-corrected chi connectivity index (χ3v) is 20.6. The summed E-state index contributed by atoms with van der Waals surface area (Å²) in [5.41, 5.74) is 0. The summed E-state index contributed by atoms with van der Waals surface area (Å²) < 4.78 is 34.5. The van der Waals surface area contributed by atoms with E-state index in [0.29, 0.717) is 17.4 Å². The van der Waals surface area contributed by atoms with E-state index in [0.717, 1.165) is 57.8 Å². The van der Waals surface area contributed by atoms with E-state index < -0.39 is 26.5 Å². The van der Waals surface area contributed by atoms with Gasteiger partial charge in [0.1, 0.15) is 19.8 Å². The highest BCUT2D eigenvalue weighted by molar-refractivity contribution is 7.45. The van der Waals surface area contributed by atoms with E-state index >= 15 is 0 Å². The summed E-state index contributed by atoms with van der Waals surface area (Å²) in [7, 11) is 1.19. The molecule has 572 valence electrons. The summed E-state index contributed by atoms with van der Waals surface area (Å²) in [6, 6.07) is 0. The number of carbonyl (C=O) groups is 2. The number of quaternary nitrogens is 1. The molecule has 0 aliphatic carbocycles. The minimum Gasteiger partial charge on any atom is -0.756 e. The molecular weight excluding hydrogens is 1220 g/mol. The molecule has 0 aromatic rings. The van der Waals surface area contributed by atoms with Crippen LogP contribution in [0.5, 0.6) is 0 Å². The molecule has 97 heavy (non-hydrogen) atoms. The highest BCUT2D eigenvalue weighted by atomic mass is 31.2. The van der Waals surface area contributed by atoms with Gasteiger partial charge in [0.05, 0.1) is 27.7 Å². The number of phosphoric acid groups is 1. The van der Waals surface area contributed by atoms with Gasteiger partial charge in [0, 0.05) is 12.8 Å². The number of likely N-dealkylation sites (N-methyl/N-ethyl adjacent to an activating group) is 1. The summed E-state index contributed by atoms with van der Waals surface area (Å²) in [5.74, 6) is -0.807. The predicted molar refractivity (Wildman–Crippen MR) is 420 cm³/mol. The highest BCUT2D eigenvalue weighted by Crippen LogP contribution is 2.38. The summed E-state index contributed by atoms with van der Waals surface area (Å²) in [6.45, 7) is 4.21. The van der Waals surface area contributed by atoms with Crippen LogP contribution < -0.4 is 4.89 Å². The van der Waals surface area contributed by atoms with Gasteiger partial charge >= 0.3 is 11.9 Å². The second-order valence-electron chi connectivity index (χ2n) is 30.5. The maximum absolute atomic E-state index is 12.9. The smallest absolute Gasteiger partial charge is 0.306 e. The third kappa shape index (κ3) is 82.8. The number of ether oxygens (including phenoxy) is 2. The molecule has 0 aliphatic heterocycles. The van der Waals surface area contributed by atoms with Crippen LogP contribution in [0.3, 0.4) is 0 Å². The first-order valence-electron chi connectivity index (χ1n) is 42.8. The molecule has 0 aromatic heterocycles. The second kappa shape index (κ2) is 78.1. The molecule has 0 aliphatic rings. The first-order valence-corrected chi connectivity index (χ1v) is 44.3. The molecule has 0 amide bonds. The lowest BCUT2D eigenvalue weighted by molar-refractivity contribution is -0.870. The van der Waals surface area contributed by atoms with Crippen LogP contribution in [0.4, 0.5) is 0 Å². The van der Waals surface area contributed by atoms with Crippen LogP contribution in [-0.4, -0.2) is 70.0 Å². The van der Waals surface area contributed by atoms with E-state index in [4.69, 9.17) is 18.5 Å². The number of nitrogens with zero attached hydrogens (tertiary/aromatic N) is 1. The molecule has 2 atom stereocenters. The average molecular weight is 1390 g/mol. The van der Waals surface area contributed by atoms with Gasteiger partial charge in [-0.1, -0.05) is 428 Å². The predicted octanol–water partition coefficient (Wildman–Crippen LogP) is 28.1. The molecule has 0 fully saturated rings. The number of rotatable bonds is 81. The van der Waals surface area contributed by atoms with Gasteiger partial charge in [0.15, 0.2) is 6.10 Å². The Bertz CT molecular complexity index is 1770. The van der Waals surface area contributed by atoms with Crippen molar-refractivity contribution in [1.29, 1.82) is 0 Å². The van der Waals surface area contributed by atoms with E-state index in [2.05, 4.69) is 62.5 Å². The molecule has 0 radical (unpaired) electrons. The fourth-order valence-corrected chi connectivity index (χ4v) is 13.9. The van der Waals surface area contributed by atoms with E-state index in [9.17, 15) is 19.0 Å². The highest BCUT2D eigenvalue weighted by Gasteiger charge is 2.22. The van der Waals surface area contributed by atoms with E-state index in [1.54, 1.807) is 0 Å². The van der Waals surface area contributed by atoms with Crippen molar-refractivity contribution in [2.45, 2.75) is 450 Å². The number of allylic oxidation sites excluding steroid dienone is 8. The minimum atomic E-state index is -4.64. The topological polar surface area (TPSA) is 111 Å². The van der Waals surface area contributed by atoms with Crippen molar-refractivity contribution in [3.8, 4) is 0 Å².